The Morgan fingerprint density at radius 1 is 0.778 bits per heavy atom. The molecule has 2 aromatic rings. The third-order valence-corrected chi connectivity index (χ3v) is 3.35. The van der Waals surface area contributed by atoms with Crippen LogP contribution in [-0.2, 0) is 12.8 Å². The van der Waals surface area contributed by atoms with E-state index in [9.17, 15) is 0 Å². The van der Waals surface area contributed by atoms with Crippen LogP contribution in [0.5, 0.6) is 0 Å². The van der Waals surface area contributed by atoms with Crippen LogP contribution in [0.25, 0.3) is 0 Å². The maximum Gasteiger partial charge on any atom is 0.0270 e. The van der Waals surface area contributed by atoms with E-state index in [0.717, 1.165) is 18.8 Å². The Kier molecular flexibility index (Phi) is 4.88. The lowest BCUT2D eigenvalue weighted by Crippen LogP contribution is -2.00. The van der Waals surface area contributed by atoms with Gasteiger partial charge in [-0.1, -0.05) is 6.92 Å². The SMILES string of the molecule is CC(CCc1ccncc1)CCc1ccncc1. The molecule has 0 aliphatic carbocycles. The van der Waals surface area contributed by atoms with Crippen molar-refractivity contribution in [3.63, 3.8) is 0 Å². The molecule has 2 heteroatoms. The number of aryl methyl sites for hydroxylation is 2. The maximum absolute atomic E-state index is 4.04. The number of pyridine rings is 2. The Morgan fingerprint density at radius 3 is 1.56 bits per heavy atom. The molecule has 94 valence electrons. The molecule has 0 aliphatic rings. The van der Waals surface area contributed by atoms with Gasteiger partial charge in [-0.3, -0.25) is 9.97 Å². The highest BCUT2D eigenvalue weighted by atomic mass is 14.6. The van der Waals surface area contributed by atoms with Gasteiger partial charge in [0.2, 0.25) is 0 Å². The summed E-state index contributed by atoms with van der Waals surface area (Å²) in [5, 5.41) is 0. The Bertz CT molecular complexity index is 396. The van der Waals surface area contributed by atoms with Gasteiger partial charge in [0.1, 0.15) is 0 Å². The van der Waals surface area contributed by atoms with Crippen LogP contribution in [0.15, 0.2) is 49.1 Å². The monoisotopic (exact) mass is 240 g/mol. The minimum Gasteiger partial charge on any atom is -0.265 e. The van der Waals surface area contributed by atoms with Gasteiger partial charge in [-0.15, -0.1) is 0 Å². The summed E-state index contributed by atoms with van der Waals surface area (Å²) in [5.41, 5.74) is 2.78. The van der Waals surface area contributed by atoms with Gasteiger partial charge in [0.15, 0.2) is 0 Å². The summed E-state index contributed by atoms with van der Waals surface area (Å²) in [6.45, 7) is 2.34. The molecule has 2 heterocycles. The molecule has 0 radical (unpaired) electrons. The number of aromatic nitrogens is 2. The predicted molar refractivity (Wildman–Crippen MR) is 74.3 cm³/mol. The van der Waals surface area contributed by atoms with Crippen LogP contribution in [0.4, 0.5) is 0 Å². The molecule has 2 aromatic heterocycles. The van der Waals surface area contributed by atoms with E-state index in [-0.39, 0.29) is 0 Å². The summed E-state index contributed by atoms with van der Waals surface area (Å²) in [4.78, 5) is 8.09. The van der Waals surface area contributed by atoms with Crippen LogP contribution < -0.4 is 0 Å². The van der Waals surface area contributed by atoms with E-state index in [1.54, 1.807) is 0 Å². The molecular weight excluding hydrogens is 220 g/mol. The van der Waals surface area contributed by atoms with Crippen molar-refractivity contribution in [2.45, 2.75) is 32.6 Å². The van der Waals surface area contributed by atoms with E-state index in [0.29, 0.717) is 0 Å². The van der Waals surface area contributed by atoms with Crippen molar-refractivity contribution in [1.82, 2.24) is 9.97 Å². The Labute approximate surface area is 109 Å². The smallest absolute Gasteiger partial charge is 0.0270 e. The largest absolute Gasteiger partial charge is 0.265 e. The summed E-state index contributed by atoms with van der Waals surface area (Å²) >= 11 is 0. The molecule has 18 heavy (non-hydrogen) atoms. The van der Waals surface area contributed by atoms with E-state index < -0.39 is 0 Å². The Morgan fingerprint density at radius 2 is 1.17 bits per heavy atom. The van der Waals surface area contributed by atoms with Gasteiger partial charge in [0.25, 0.3) is 0 Å². The van der Waals surface area contributed by atoms with Crippen LogP contribution >= 0.6 is 0 Å². The highest BCUT2D eigenvalue weighted by Crippen LogP contribution is 2.15. The van der Waals surface area contributed by atoms with Crippen LogP contribution in [0.3, 0.4) is 0 Å². The first kappa shape index (κ1) is 12.7. The summed E-state index contributed by atoms with van der Waals surface area (Å²) < 4.78 is 0. The van der Waals surface area contributed by atoms with Gasteiger partial charge in [0.05, 0.1) is 0 Å². The molecule has 0 unspecified atom stereocenters. The van der Waals surface area contributed by atoms with Gasteiger partial charge >= 0.3 is 0 Å². The van der Waals surface area contributed by atoms with Crippen LogP contribution in [0.2, 0.25) is 0 Å². The zero-order chi connectivity index (χ0) is 12.6. The molecule has 0 atom stereocenters. The predicted octanol–water partition coefficient (Wildman–Crippen LogP) is 3.68. The third kappa shape index (κ3) is 4.28. The minimum atomic E-state index is 0.756. The fourth-order valence-corrected chi connectivity index (χ4v) is 2.07. The first-order valence-electron chi connectivity index (χ1n) is 6.62. The standard InChI is InChI=1S/C16H20N2/c1-14(2-4-15-6-10-17-11-7-15)3-5-16-8-12-18-13-9-16/h6-14H,2-5H2,1H3. The molecule has 0 spiro atoms. The summed E-state index contributed by atoms with van der Waals surface area (Å²) in [6, 6.07) is 8.43. The van der Waals surface area contributed by atoms with Crippen molar-refractivity contribution < 1.29 is 0 Å². The van der Waals surface area contributed by atoms with Crippen molar-refractivity contribution >= 4 is 0 Å². The van der Waals surface area contributed by atoms with E-state index >= 15 is 0 Å². The van der Waals surface area contributed by atoms with E-state index in [1.807, 2.05) is 24.8 Å². The van der Waals surface area contributed by atoms with Crippen LogP contribution in [-0.4, -0.2) is 9.97 Å². The molecule has 0 fully saturated rings. The third-order valence-electron chi connectivity index (χ3n) is 3.35. The zero-order valence-electron chi connectivity index (χ0n) is 10.9. The molecular formula is C16H20N2. The van der Waals surface area contributed by atoms with Gasteiger partial charge < -0.3 is 0 Å². The summed E-state index contributed by atoms with van der Waals surface area (Å²) in [7, 11) is 0. The molecule has 0 aliphatic heterocycles. The number of hydrogen-bond acceptors (Lipinski definition) is 2. The maximum atomic E-state index is 4.04. The van der Waals surface area contributed by atoms with Gasteiger partial charge in [-0.2, -0.15) is 0 Å². The van der Waals surface area contributed by atoms with Gasteiger partial charge in [-0.05, 0) is 67.0 Å². The van der Waals surface area contributed by atoms with Crippen LogP contribution in [0.1, 0.15) is 30.9 Å². The number of rotatable bonds is 6. The second-order valence-corrected chi connectivity index (χ2v) is 4.89. The molecule has 0 saturated heterocycles. The quantitative estimate of drug-likeness (QED) is 0.769. The average Bonchev–Trinajstić information content (AvgIpc) is 2.45. The average molecular weight is 240 g/mol. The van der Waals surface area contributed by atoms with Crippen molar-refractivity contribution in [2.75, 3.05) is 0 Å². The van der Waals surface area contributed by atoms with Gasteiger partial charge in [0, 0.05) is 24.8 Å². The van der Waals surface area contributed by atoms with Gasteiger partial charge in [-0.25, -0.2) is 0 Å². The normalized spacial score (nSPS) is 10.8. The van der Waals surface area contributed by atoms with E-state index in [4.69, 9.17) is 0 Å². The van der Waals surface area contributed by atoms with Crippen molar-refractivity contribution in [3.8, 4) is 0 Å². The zero-order valence-corrected chi connectivity index (χ0v) is 10.9. The van der Waals surface area contributed by atoms with Crippen molar-refractivity contribution in [3.05, 3.63) is 60.2 Å². The molecule has 2 rings (SSSR count). The molecule has 0 amide bonds. The van der Waals surface area contributed by atoms with Crippen molar-refractivity contribution in [2.24, 2.45) is 5.92 Å². The second kappa shape index (κ2) is 6.90. The highest BCUT2D eigenvalue weighted by Gasteiger charge is 2.03. The molecule has 0 N–H and O–H groups in total. The lowest BCUT2D eigenvalue weighted by Gasteiger charge is -2.11. The number of nitrogens with zero attached hydrogens (tertiary/aromatic N) is 2. The number of hydrogen-bond donors (Lipinski definition) is 0. The highest BCUT2D eigenvalue weighted by molar-refractivity contribution is 5.10. The Balaban J connectivity index is 1.71. The second-order valence-electron chi connectivity index (χ2n) is 4.89. The van der Waals surface area contributed by atoms with Crippen molar-refractivity contribution in [1.29, 1.82) is 0 Å². The molecule has 2 nitrogen and oxygen atoms in total. The molecule has 0 bridgehead atoms. The summed E-state index contributed by atoms with van der Waals surface area (Å²) in [5.74, 6) is 0.756. The first-order valence-corrected chi connectivity index (χ1v) is 6.62. The first-order chi connectivity index (χ1) is 8.84. The fourth-order valence-electron chi connectivity index (χ4n) is 2.07. The summed E-state index contributed by atoms with van der Waals surface area (Å²) in [6.07, 6.45) is 12.3. The fraction of sp³-hybridized carbons (Fsp3) is 0.375. The topological polar surface area (TPSA) is 25.8 Å². The molecule has 0 saturated carbocycles. The van der Waals surface area contributed by atoms with Crippen LogP contribution in [0, 0.1) is 5.92 Å². The van der Waals surface area contributed by atoms with E-state index in [1.165, 1.54) is 24.0 Å². The van der Waals surface area contributed by atoms with E-state index in [2.05, 4.69) is 41.2 Å². The molecule has 0 aromatic carbocycles. The minimum absolute atomic E-state index is 0.756. The Hall–Kier alpha value is -1.70. The lowest BCUT2D eigenvalue weighted by atomic mass is 9.95. The lowest BCUT2D eigenvalue weighted by molar-refractivity contribution is 0.493.